The second-order valence-corrected chi connectivity index (χ2v) is 3.94. The highest BCUT2D eigenvalue weighted by atomic mass is 16.6. The maximum Gasteiger partial charge on any atom is 0.303 e. The predicted molar refractivity (Wildman–Crippen MR) is 61.2 cm³/mol. The number of hydrogen-bond donors (Lipinski definition) is 2. The zero-order valence-electron chi connectivity index (χ0n) is 9.39. The number of ether oxygens (including phenoxy) is 2. The van der Waals surface area contributed by atoms with Gasteiger partial charge in [-0.25, -0.2) is 0 Å². The fourth-order valence-corrected chi connectivity index (χ4v) is 1.74. The number of carbonyl (C=O) groups is 1. The van der Waals surface area contributed by atoms with Crippen LogP contribution in [0.4, 0.5) is 0 Å². The molecule has 3 N–H and O–H groups in total. The Kier molecular flexibility index (Phi) is 3.49. The monoisotopic (exact) mass is 237 g/mol. The maximum absolute atomic E-state index is 10.5. The van der Waals surface area contributed by atoms with Gasteiger partial charge in [0.1, 0.15) is 13.2 Å². The van der Waals surface area contributed by atoms with Crippen molar-refractivity contribution in [3.05, 3.63) is 23.8 Å². The molecule has 1 aromatic rings. The van der Waals surface area contributed by atoms with Gasteiger partial charge in [0.15, 0.2) is 11.5 Å². The maximum atomic E-state index is 10.5. The quantitative estimate of drug-likeness (QED) is 0.825. The van der Waals surface area contributed by atoms with E-state index in [1.165, 1.54) is 0 Å². The highest BCUT2D eigenvalue weighted by Crippen LogP contribution is 2.32. The minimum atomic E-state index is -0.835. The van der Waals surface area contributed by atoms with Crippen LogP contribution in [0.25, 0.3) is 0 Å². The first kappa shape index (κ1) is 11.7. The lowest BCUT2D eigenvalue weighted by molar-refractivity contribution is -0.137. The standard InChI is InChI=1S/C12H15NO4/c13-9(2-4-12(14)15)8-1-3-10-11(7-8)17-6-5-16-10/h1,3,7,9H,2,4-6,13H2,(H,14,15). The van der Waals surface area contributed by atoms with E-state index in [0.717, 1.165) is 5.56 Å². The molecule has 0 fully saturated rings. The minimum absolute atomic E-state index is 0.0651. The van der Waals surface area contributed by atoms with Gasteiger partial charge >= 0.3 is 5.97 Å². The van der Waals surface area contributed by atoms with Crippen LogP contribution in [0.5, 0.6) is 11.5 Å². The largest absolute Gasteiger partial charge is 0.486 e. The number of hydrogen-bond acceptors (Lipinski definition) is 4. The van der Waals surface area contributed by atoms with E-state index in [1.54, 1.807) is 0 Å². The van der Waals surface area contributed by atoms with Crippen LogP contribution in [-0.4, -0.2) is 24.3 Å². The molecule has 0 aliphatic carbocycles. The van der Waals surface area contributed by atoms with Crippen LogP contribution < -0.4 is 15.2 Å². The summed E-state index contributed by atoms with van der Waals surface area (Å²) in [6, 6.07) is 5.19. The lowest BCUT2D eigenvalue weighted by Crippen LogP contribution is -2.17. The van der Waals surface area contributed by atoms with Gasteiger partial charge in [-0.3, -0.25) is 4.79 Å². The van der Waals surface area contributed by atoms with E-state index in [2.05, 4.69) is 0 Å². The molecule has 5 heteroatoms. The van der Waals surface area contributed by atoms with Crippen molar-refractivity contribution in [2.24, 2.45) is 5.73 Å². The van der Waals surface area contributed by atoms with Crippen molar-refractivity contribution in [2.75, 3.05) is 13.2 Å². The Labute approximate surface area is 99.1 Å². The first-order valence-electron chi connectivity index (χ1n) is 5.54. The molecule has 1 heterocycles. The van der Waals surface area contributed by atoms with Crippen LogP contribution in [-0.2, 0) is 4.79 Å². The molecule has 0 amide bonds. The summed E-state index contributed by atoms with van der Waals surface area (Å²) in [6.07, 6.45) is 0.477. The molecule has 2 rings (SSSR count). The Hall–Kier alpha value is -1.75. The summed E-state index contributed by atoms with van der Waals surface area (Å²) in [6.45, 7) is 1.08. The third kappa shape index (κ3) is 2.88. The normalized spacial score (nSPS) is 15.4. The van der Waals surface area contributed by atoms with E-state index < -0.39 is 5.97 Å². The first-order chi connectivity index (χ1) is 8.16. The van der Waals surface area contributed by atoms with Crippen LogP contribution in [0.15, 0.2) is 18.2 Å². The molecule has 1 atom stereocenters. The first-order valence-corrected chi connectivity index (χ1v) is 5.54. The van der Waals surface area contributed by atoms with Crippen molar-refractivity contribution in [1.29, 1.82) is 0 Å². The topological polar surface area (TPSA) is 81.8 Å². The summed E-state index contributed by atoms with van der Waals surface area (Å²) in [5.74, 6) is 0.558. The predicted octanol–water partition coefficient (Wildman–Crippen LogP) is 1.32. The second kappa shape index (κ2) is 5.05. The third-order valence-corrected chi connectivity index (χ3v) is 2.66. The van der Waals surface area contributed by atoms with Crippen molar-refractivity contribution < 1.29 is 19.4 Å². The van der Waals surface area contributed by atoms with Gasteiger partial charge in [0.05, 0.1) is 0 Å². The van der Waals surface area contributed by atoms with Gasteiger partial charge < -0.3 is 20.3 Å². The van der Waals surface area contributed by atoms with Crippen LogP contribution in [0.2, 0.25) is 0 Å². The fraction of sp³-hybridized carbons (Fsp3) is 0.417. The summed E-state index contributed by atoms with van der Waals surface area (Å²) in [4.78, 5) is 10.5. The van der Waals surface area contributed by atoms with E-state index in [4.69, 9.17) is 20.3 Å². The number of rotatable bonds is 4. The van der Waals surface area contributed by atoms with Gasteiger partial charge in [0, 0.05) is 12.5 Å². The molecule has 0 spiro atoms. The van der Waals surface area contributed by atoms with Gasteiger partial charge in [0.25, 0.3) is 0 Å². The number of nitrogens with two attached hydrogens (primary N) is 1. The number of fused-ring (bicyclic) bond motifs is 1. The van der Waals surface area contributed by atoms with Gasteiger partial charge in [-0.1, -0.05) is 6.07 Å². The lowest BCUT2D eigenvalue weighted by atomic mass is 10.0. The van der Waals surface area contributed by atoms with Crippen LogP contribution in [0.1, 0.15) is 24.4 Å². The van der Waals surface area contributed by atoms with E-state index in [1.807, 2.05) is 18.2 Å². The molecule has 5 nitrogen and oxygen atoms in total. The smallest absolute Gasteiger partial charge is 0.303 e. The minimum Gasteiger partial charge on any atom is -0.486 e. The Morgan fingerprint density at radius 1 is 1.35 bits per heavy atom. The number of aliphatic carboxylic acids is 1. The third-order valence-electron chi connectivity index (χ3n) is 2.66. The average molecular weight is 237 g/mol. The SMILES string of the molecule is NC(CCC(=O)O)c1ccc2c(c1)OCCO2. The van der Waals surface area contributed by atoms with Gasteiger partial charge in [-0.05, 0) is 24.1 Å². The van der Waals surface area contributed by atoms with Crippen molar-refractivity contribution in [1.82, 2.24) is 0 Å². The Bertz CT molecular complexity index is 419. The summed E-state index contributed by atoms with van der Waals surface area (Å²) in [7, 11) is 0. The Morgan fingerprint density at radius 2 is 2.06 bits per heavy atom. The molecule has 1 unspecified atom stereocenters. The van der Waals surface area contributed by atoms with E-state index in [9.17, 15) is 4.79 Å². The zero-order chi connectivity index (χ0) is 12.3. The molecule has 1 aliphatic heterocycles. The van der Waals surface area contributed by atoms with Crippen molar-refractivity contribution in [3.63, 3.8) is 0 Å². The molecule has 1 aliphatic rings. The van der Waals surface area contributed by atoms with Gasteiger partial charge in [-0.2, -0.15) is 0 Å². The summed E-state index contributed by atoms with van der Waals surface area (Å²) in [5, 5.41) is 8.60. The molecule has 0 radical (unpaired) electrons. The van der Waals surface area contributed by atoms with Gasteiger partial charge in [-0.15, -0.1) is 0 Å². The summed E-state index contributed by atoms with van der Waals surface area (Å²) >= 11 is 0. The van der Waals surface area contributed by atoms with Crippen molar-refractivity contribution >= 4 is 5.97 Å². The molecule has 92 valence electrons. The summed E-state index contributed by atoms with van der Waals surface area (Å²) < 4.78 is 10.8. The zero-order valence-corrected chi connectivity index (χ0v) is 9.39. The van der Waals surface area contributed by atoms with Crippen LogP contribution in [0, 0.1) is 0 Å². The van der Waals surface area contributed by atoms with E-state index >= 15 is 0 Å². The molecular formula is C12H15NO4. The highest BCUT2D eigenvalue weighted by Gasteiger charge is 2.15. The molecule has 0 aromatic heterocycles. The number of carboxylic acids is 1. The Balaban J connectivity index is 2.08. The highest BCUT2D eigenvalue weighted by molar-refractivity contribution is 5.66. The average Bonchev–Trinajstić information content (AvgIpc) is 2.35. The van der Waals surface area contributed by atoms with Gasteiger partial charge in [0.2, 0.25) is 0 Å². The van der Waals surface area contributed by atoms with Crippen LogP contribution >= 0.6 is 0 Å². The number of benzene rings is 1. The molecule has 1 aromatic carbocycles. The fourth-order valence-electron chi connectivity index (χ4n) is 1.74. The van der Waals surface area contributed by atoms with Crippen molar-refractivity contribution in [3.8, 4) is 11.5 Å². The molecule has 0 saturated carbocycles. The summed E-state index contributed by atoms with van der Waals surface area (Å²) in [5.41, 5.74) is 6.79. The lowest BCUT2D eigenvalue weighted by Gasteiger charge is -2.20. The van der Waals surface area contributed by atoms with E-state index in [-0.39, 0.29) is 12.5 Å². The van der Waals surface area contributed by atoms with Crippen LogP contribution in [0.3, 0.4) is 0 Å². The molecule has 0 saturated heterocycles. The Morgan fingerprint density at radius 3 is 2.76 bits per heavy atom. The number of carboxylic acid groups (broad SMARTS) is 1. The second-order valence-electron chi connectivity index (χ2n) is 3.94. The molecular weight excluding hydrogens is 222 g/mol. The molecule has 0 bridgehead atoms. The van der Waals surface area contributed by atoms with E-state index in [0.29, 0.717) is 31.1 Å². The van der Waals surface area contributed by atoms with Crippen molar-refractivity contribution in [2.45, 2.75) is 18.9 Å². The molecule has 17 heavy (non-hydrogen) atoms.